The van der Waals surface area contributed by atoms with Crippen LogP contribution in [0.25, 0.3) is 0 Å². The van der Waals surface area contributed by atoms with Crippen molar-refractivity contribution in [2.75, 3.05) is 16.0 Å². The molecule has 4 aromatic rings. The van der Waals surface area contributed by atoms with Gasteiger partial charge in [0.2, 0.25) is 17.7 Å². The van der Waals surface area contributed by atoms with Crippen molar-refractivity contribution in [3.63, 3.8) is 0 Å². The quantitative estimate of drug-likeness (QED) is 0.0710. The molecule has 0 saturated carbocycles. The molecule has 206 valence electrons. The Balaban J connectivity index is 1.59. The van der Waals surface area contributed by atoms with Crippen LogP contribution in [-0.2, 0) is 9.37 Å². The van der Waals surface area contributed by atoms with Gasteiger partial charge in [-0.25, -0.2) is 5.26 Å². The first kappa shape index (κ1) is 28.0. The normalized spacial score (nSPS) is 10.7. The van der Waals surface area contributed by atoms with Crippen LogP contribution in [0, 0.1) is 39.0 Å². The van der Waals surface area contributed by atoms with E-state index in [2.05, 4.69) is 40.3 Å². The predicted octanol–water partition coefficient (Wildman–Crippen LogP) is 5.93. The number of aryl methyl sites for hydroxylation is 1. The third kappa shape index (κ3) is 6.69. The van der Waals surface area contributed by atoms with Crippen molar-refractivity contribution < 1.29 is 33.3 Å². The molecule has 0 aliphatic rings. The molecule has 4 N–H and O–H groups in total. The highest BCUT2D eigenvalue weighted by Gasteiger charge is 2.25. The van der Waals surface area contributed by atoms with Gasteiger partial charge in [0.1, 0.15) is 5.69 Å². The summed E-state index contributed by atoms with van der Waals surface area (Å²) in [5, 5.41) is 42.6. The number of hydrogen-bond acceptors (Lipinski definition) is 14. The molecule has 0 amide bonds. The van der Waals surface area contributed by atoms with Crippen molar-refractivity contribution >= 4 is 58.1 Å². The lowest BCUT2D eigenvalue weighted by Crippen LogP contribution is -2.07. The van der Waals surface area contributed by atoms with Gasteiger partial charge in [0.15, 0.2) is 0 Å². The lowest BCUT2D eigenvalue weighted by atomic mass is 10.2. The summed E-state index contributed by atoms with van der Waals surface area (Å²) in [5.74, 6) is -1.69. The second-order valence-electron chi connectivity index (χ2n) is 7.71. The lowest BCUT2D eigenvalue weighted by molar-refractivity contribution is -0.432. The highest BCUT2D eigenvalue weighted by Crippen LogP contribution is 2.36. The van der Waals surface area contributed by atoms with Crippen LogP contribution in [-0.4, -0.2) is 30.1 Å². The van der Waals surface area contributed by atoms with Gasteiger partial charge in [-0.2, -0.15) is 23.7 Å². The maximum atomic E-state index is 14.3. The monoisotopic (exact) mass is 574 g/mol. The summed E-state index contributed by atoms with van der Waals surface area (Å²) in [6.45, 7) is 1.75. The first-order chi connectivity index (χ1) is 19.1. The Hall–Kier alpha value is -5.04. The van der Waals surface area contributed by atoms with E-state index in [4.69, 9.17) is 5.26 Å². The summed E-state index contributed by atoms with van der Waals surface area (Å²) in [5.41, 5.74) is -0.590. The molecule has 0 atom stereocenters. The summed E-state index contributed by atoms with van der Waals surface area (Å²) in [4.78, 5) is 32.5. The molecule has 0 fully saturated rings. The zero-order chi connectivity index (χ0) is 28.8. The molecule has 0 aliphatic carbocycles. The van der Waals surface area contributed by atoms with E-state index in [0.717, 1.165) is 17.6 Å². The van der Waals surface area contributed by atoms with Crippen LogP contribution in [0.4, 0.5) is 54.8 Å². The lowest BCUT2D eigenvalue weighted by Gasteiger charge is -2.14. The van der Waals surface area contributed by atoms with Crippen molar-refractivity contribution in [2.45, 2.75) is 11.8 Å². The van der Waals surface area contributed by atoms with Crippen molar-refractivity contribution in [2.24, 2.45) is 0 Å². The number of rotatable bonds is 11. The number of halogens is 2. The van der Waals surface area contributed by atoms with Crippen molar-refractivity contribution in [3.8, 4) is 0 Å². The maximum absolute atomic E-state index is 14.3. The topological polar surface area (TPSA) is 200 Å². The molecule has 0 spiro atoms. The Morgan fingerprint density at radius 1 is 0.850 bits per heavy atom. The van der Waals surface area contributed by atoms with Gasteiger partial charge < -0.3 is 16.0 Å². The van der Waals surface area contributed by atoms with Crippen LogP contribution < -0.4 is 16.0 Å². The number of para-hydroxylation sites is 2. The Morgan fingerprint density at radius 3 is 2.12 bits per heavy atom. The zero-order valence-corrected chi connectivity index (χ0v) is 20.8. The average Bonchev–Trinajstić information content (AvgIpc) is 2.89. The molecule has 0 bridgehead atoms. The van der Waals surface area contributed by atoms with E-state index in [1.165, 1.54) is 12.1 Å². The summed E-state index contributed by atoms with van der Waals surface area (Å²) >= 11 is 0.770. The van der Waals surface area contributed by atoms with E-state index in [0.29, 0.717) is 22.7 Å². The van der Waals surface area contributed by atoms with Gasteiger partial charge in [-0.3, -0.25) is 20.2 Å². The van der Waals surface area contributed by atoms with E-state index in [9.17, 15) is 29.0 Å². The van der Waals surface area contributed by atoms with Crippen LogP contribution in [0.1, 0.15) is 5.56 Å². The fraction of sp³-hybridized carbons (Fsp3) is 0.0455. The molecule has 1 aromatic heterocycles. The Morgan fingerprint density at radius 2 is 1.50 bits per heavy atom. The second kappa shape index (κ2) is 12.2. The van der Waals surface area contributed by atoms with Crippen LogP contribution in [0.2, 0.25) is 0 Å². The minimum atomic E-state index is -1.28. The molecule has 18 heteroatoms. The molecule has 0 unspecified atom stereocenters. The van der Waals surface area contributed by atoms with E-state index in [1.54, 1.807) is 37.3 Å². The minimum Gasteiger partial charge on any atom is -0.348 e. The molecule has 0 saturated heterocycles. The van der Waals surface area contributed by atoms with Gasteiger partial charge in [0, 0.05) is 16.6 Å². The highest BCUT2D eigenvalue weighted by atomic mass is 32.2. The minimum absolute atomic E-state index is 0.159. The Kier molecular flexibility index (Phi) is 8.54. The zero-order valence-electron chi connectivity index (χ0n) is 20.0. The van der Waals surface area contributed by atoms with Crippen molar-refractivity contribution in [1.82, 2.24) is 15.0 Å². The molecule has 3 aromatic carbocycles. The van der Waals surface area contributed by atoms with Gasteiger partial charge >= 0.3 is 11.8 Å². The number of nitro groups is 2. The fourth-order valence-electron chi connectivity index (χ4n) is 3.37. The number of nitrogens with zero attached hydrogens (tertiary/aromatic N) is 5. The summed E-state index contributed by atoms with van der Waals surface area (Å²) in [6.07, 6.45) is -1.13. The van der Waals surface area contributed by atoms with Crippen LogP contribution in [0.15, 0.2) is 59.5 Å². The van der Waals surface area contributed by atoms with Crippen LogP contribution >= 0.6 is 12.0 Å². The number of aromatic nitrogens is 3. The number of nitro benzene ring substituents is 2. The first-order valence-corrected chi connectivity index (χ1v) is 11.6. The molecule has 15 nitrogen and oxygen atoms in total. The summed E-state index contributed by atoms with van der Waals surface area (Å²) in [7, 11) is 0. The van der Waals surface area contributed by atoms with Gasteiger partial charge in [-0.05, 0) is 42.8 Å². The molecular weight excluding hydrogens is 558 g/mol. The first-order valence-electron chi connectivity index (χ1n) is 10.8. The number of hydrogen-bond donors (Lipinski definition) is 4. The van der Waals surface area contributed by atoms with E-state index >= 15 is 0 Å². The number of benzene rings is 3. The standard InChI is InChI=1S/C22H16F2N8O7S/c1-11-8-12(6-7-19(11)40-39-38-37)25-21-28-20(24)29-22(30-21)27-15-5-3-2-4-14(15)26-16-9-13(23)17(31(33)34)10-18(16)32(35)36/h2-10,26,37H,1H3,(H2,25,27,28,29,30). The van der Waals surface area contributed by atoms with Gasteiger partial charge in [-0.15, -0.1) is 4.33 Å². The van der Waals surface area contributed by atoms with Crippen LogP contribution in [0.3, 0.4) is 0 Å². The van der Waals surface area contributed by atoms with Gasteiger partial charge in [-0.1, -0.05) is 17.2 Å². The largest absolute Gasteiger partial charge is 0.348 e. The Bertz CT molecular complexity index is 1600. The fourth-order valence-corrected chi connectivity index (χ4v) is 3.79. The van der Waals surface area contributed by atoms with Gasteiger partial charge in [0.05, 0.1) is 39.3 Å². The maximum Gasteiger partial charge on any atom is 0.315 e. The average molecular weight is 574 g/mol. The number of anilines is 6. The van der Waals surface area contributed by atoms with Crippen molar-refractivity contribution in [1.29, 1.82) is 0 Å². The second-order valence-corrected chi connectivity index (χ2v) is 8.46. The predicted molar refractivity (Wildman–Crippen MR) is 138 cm³/mol. The molecule has 1 heterocycles. The number of nitrogens with one attached hydrogen (secondary N) is 3. The molecule has 40 heavy (non-hydrogen) atoms. The Labute approximate surface area is 226 Å². The molecular formula is C22H16F2N8O7S. The molecule has 4 rings (SSSR count). The van der Waals surface area contributed by atoms with E-state index in [1.807, 2.05) is 0 Å². The smallest absolute Gasteiger partial charge is 0.315 e. The highest BCUT2D eigenvalue weighted by molar-refractivity contribution is 7.94. The summed E-state index contributed by atoms with van der Waals surface area (Å²) < 4.78 is 32.9. The SMILES string of the molecule is Cc1cc(Nc2nc(F)nc(Nc3ccccc3Nc3cc(F)c([N+](=O)[O-])cc3[N+](=O)[O-])n2)ccc1SOOO. The third-order valence-electron chi connectivity index (χ3n) is 5.09. The van der Waals surface area contributed by atoms with Gasteiger partial charge in [0.25, 0.3) is 5.69 Å². The van der Waals surface area contributed by atoms with E-state index in [-0.39, 0.29) is 29.0 Å². The van der Waals surface area contributed by atoms with Crippen LogP contribution in [0.5, 0.6) is 0 Å². The molecule has 0 aliphatic heterocycles. The molecule has 0 radical (unpaired) electrons. The third-order valence-corrected chi connectivity index (χ3v) is 5.86. The summed E-state index contributed by atoms with van der Waals surface area (Å²) in [6, 6.07) is 12.2. The van der Waals surface area contributed by atoms with E-state index < -0.39 is 33.1 Å². The van der Waals surface area contributed by atoms with Crippen molar-refractivity contribution in [3.05, 3.63) is 92.3 Å².